The van der Waals surface area contributed by atoms with E-state index in [4.69, 9.17) is 0 Å². The van der Waals surface area contributed by atoms with Gasteiger partial charge < -0.3 is 10.6 Å². The lowest BCUT2D eigenvalue weighted by atomic mass is 9.90. The Morgan fingerprint density at radius 1 is 1.50 bits per heavy atom. The minimum atomic E-state index is -0.0374. The van der Waals surface area contributed by atoms with Crippen molar-refractivity contribution in [2.75, 3.05) is 13.1 Å². The number of rotatable bonds is 2. The Balaban J connectivity index is 0.00000128. The molecule has 0 unspecified atom stereocenters. The van der Waals surface area contributed by atoms with E-state index < -0.39 is 0 Å². The Kier molecular flexibility index (Phi) is 4.77. The molecule has 1 aromatic heterocycles. The van der Waals surface area contributed by atoms with Gasteiger partial charge in [0.15, 0.2) is 0 Å². The van der Waals surface area contributed by atoms with Crippen molar-refractivity contribution in [1.29, 1.82) is 0 Å². The summed E-state index contributed by atoms with van der Waals surface area (Å²) in [5.74, 6) is 0.0562. The van der Waals surface area contributed by atoms with E-state index in [1.54, 1.807) is 11.3 Å². The van der Waals surface area contributed by atoms with Gasteiger partial charge in [-0.15, -0.1) is 12.4 Å². The van der Waals surface area contributed by atoms with E-state index in [9.17, 15) is 4.79 Å². The normalized spacial score (nSPS) is 18.6. The third-order valence-corrected chi connectivity index (χ3v) is 3.59. The number of nitrogens with one attached hydrogen (secondary N) is 2. The summed E-state index contributed by atoms with van der Waals surface area (Å²) < 4.78 is 0. The van der Waals surface area contributed by atoms with E-state index in [0.717, 1.165) is 31.5 Å². The lowest BCUT2D eigenvalue weighted by Gasteiger charge is -2.34. The molecule has 1 amide bonds. The van der Waals surface area contributed by atoms with Gasteiger partial charge in [0, 0.05) is 10.9 Å². The molecule has 0 saturated carbocycles. The maximum absolute atomic E-state index is 11.9. The lowest BCUT2D eigenvalue weighted by Crippen LogP contribution is -2.52. The van der Waals surface area contributed by atoms with Gasteiger partial charge in [-0.2, -0.15) is 11.3 Å². The van der Waals surface area contributed by atoms with Crippen molar-refractivity contribution in [3.8, 4) is 0 Å². The summed E-state index contributed by atoms with van der Waals surface area (Å²) in [6, 6.07) is 1.87. The average Bonchev–Trinajstić information content (AvgIpc) is 2.70. The van der Waals surface area contributed by atoms with E-state index >= 15 is 0 Å². The highest BCUT2D eigenvalue weighted by Crippen LogP contribution is 2.18. The van der Waals surface area contributed by atoms with Crippen LogP contribution in [0.15, 0.2) is 16.8 Å². The molecule has 5 heteroatoms. The fourth-order valence-electron chi connectivity index (χ4n) is 1.84. The van der Waals surface area contributed by atoms with Crippen molar-refractivity contribution < 1.29 is 4.79 Å². The van der Waals surface area contributed by atoms with Crippen LogP contribution in [0.2, 0.25) is 0 Å². The molecule has 3 nitrogen and oxygen atoms in total. The first kappa shape index (κ1) is 13.5. The van der Waals surface area contributed by atoms with E-state index in [2.05, 4.69) is 17.6 Å². The van der Waals surface area contributed by atoms with Gasteiger partial charge in [-0.3, -0.25) is 4.79 Å². The molecule has 2 rings (SSSR count). The van der Waals surface area contributed by atoms with Crippen LogP contribution in [-0.4, -0.2) is 24.5 Å². The van der Waals surface area contributed by atoms with Crippen molar-refractivity contribution >= 4 is 29.7 Å². The first-order valence-corrected chi connectivity index (χ1v) is 6.19. The monoisotopic (exact) mass is 260 g/mol. The fourth-order valence-corrected chi connectivity index (χ4v) is 2.48. The van der Waals surface area contributed by atoms with E-state index in [1.165, 1.54) is 0 Å². The fraction of sp³-hybridized carbons (Fsp3) is 0.545. The summed E-state index contributed by atoms with van der Waals surface area (Å²) in [5.41, 5.74) is 0.740. The maximum atomic E-state index is 11.9. The zero-order valence-corrected chi connectivity index (χ0v) is 10.9. The predicted molar refractivity (Wildman–Crippen MR) is 69.5 cm³/mol. The van der Waals surface area contributed by atoms with Crippen molar-refractivity contribution in [1.82, 2.24) is 10.6 Å². The van der Waals surface area contributed by atoms with Crippen molar-refractivity contribution in [3.05, 3.63) is 22.4 Å². The number of amides is 1. The van der Waals surface area contributed by atoms with Gasteiger partial charge >= 0.3 is 0 Å². The molecule has 0 bridgehead atoms. The van der Waals surface area contributed by atoms with Crippen LogP contribution < -0.4 is 10.6 Å². The number of hydrogen-bond acceptors (Lipinski definition) is 3. The van der Waals surface area contributed by atoms with Crippen LogP contribution in [0.1, 0.15) is 30.1 Å². The molecule has 1 saturated heterocycles. The number of hydrogen-bond donors (Lipinski definition) is 2. The summed E-state index contributed by atoms with van der Waals surface area (Å²) in [6.07, 6.45) is 2.01. The van der Waals surface area contributed by atoms with E-state index in [0.29, 0.717) is 0 Å². The van der Waals surface area contributed by atoms with Crippen molar-refractivity contribution in [2.24, 2.45) is 0 Å². The van der Waals surface area contributed by atoms with Crippen molar-refractivity contribution in [2.45, 2.75) is 25.3 Å². The molecule has 0 aliphatic carbocycles. The summed E-state index contributed by atoms with van der Waals surface area (Å²) in [7, 11) is 0. The highest BCUT2D eigenvalue weighted by atomic mass is 35.5. The Hall–Kier alpha value is -0.580. The van der Waals surface area contributed by atoms with Crippen LogP contribution in [0.25, 0.3) is 0 Å². The van der Waals surface area contributed by atoms with Crippen LogP contribution in [0, 0.1) is 0 Å². The lowest BCUT2D eigenvalue weighted by molar-refractivity contribution is 0.0888. The Labute approximate surface area is 106 Å². The maximum Gasteiger partial charge on any atom is 0.252 e. The number of halogens is 1. The number of carbonyl (C=O) groups is 1. The smallest absolute Gasteiger partial charge is 0.252 e. The molecule has 1 aliphatic rings. The molecule has 16 heavy (non-hydrogen) atoms. The van der Waals surface area contributed by atoms with Gasteiger partial charge in [0.05, 0.1) is 5.56 Å². The highest BCUT2D eigenvalue weighted by molar-refractivity contribution is 7.08. The second-order valence-electron chi connectivity index (χ2n) is 4.28. The zero-order valence-electron chi connectivity index (χ0n) is 9.29. The molecule has 2 N–H and O–H groups in total. The van der Waals surface area contributed by atoms with Gasteiger partial charge in [-0.05, 0) is 44.3 Å². The summed E-state index contributed by atoms with van der Waals surface area (Å²) in [5, 5.41) is 10.2. The second kappa shape index (κ2) is 5.66. The third kappa shape index (κ3) is 3.20. The van der Waals surface area contributed by atoms with Crippen LogP contribution in [0.5, 0.6) is 0 Å². The van der Waals surface area contributed by atoms with E-state index in [-0.39, 0.29) is 23.9 Å². The largest absolute Gasteiger partial charge is 0.347 e. The zero-order chi connectivity index (χ0) is 10.7. The molecule has 1 aliphatic heterocycles. The average molecular weight is 261 g/mol. The van der Waals surface area contributed by atoms with Crippen LogP contribution in [-0.2, 0) is 0 Å². The minimum Gasteiger partial charge on any atom is -0.347 e. The molecule has 1 aromatic rings. The first-order chi connectivity index (χ1) is 7.20. The SMILES string of the molecule is CC1(NC(=O)c2ccsc2)CCNCC1.Cl. The highest BCUT2D eigenvalue weighted by Gasteiger charge is 2.28. The van der Waals surface area contributed by atoms with Gasteiger partial charge in [0.2, 0.25) is 0 Å². The number of thiophene rings is 1. The molecule has 0 aromatic carbocycles. The van der Waals surface area contributed by atoms with Crippen LogP contribution in [0.4, 0.5) is 0 Å². The Morgan fingerprint density at radius 2 is 2.19 bits per heavy atom. The summed E-state index contributed by atoms with van der Waals surface area (Å²) >= 11 is 1.56. The summed E-state index contributed by atoms with van der Waals surface area (Å²) in [4.78, 5) is 11.9. The minimum absolute atomic E-state index is 0. The molecule has 0 atom stereocenters. The quantitative estimate of drug-likeness (QED) is 0.855. The molecule has 1 fully saturated rings. The van der Waals surface area contributed by atoms with Gasteiger partial charge in [0.25, 0.3) is 5.91 Å². The van der Waals surface area contributed by atoms with Crippen molar-refractivity contribution in [3.63, 3.8) is 0 Å². The molecular weight excluding hydrogens is 244 g/mol. The summed E-state index contributed by atoms with van der Waals surface area (Å²) in [6.45, 7) is 4.10. The van der Waals surface area contributed by atoms with Crippen LogP contribution >= 0.6 is 23.7 Å². The molecule has 2 heterocycles. The molecule has 90 valence electrons. The predicted octanol–water partition coefficient (Wildman–Crippen LogP) is 2.04. The Bertz CT molecular complexity index is 334. The number of carbonyl (C=O) groups excluding carboxylic acids is 1. The van der Waals surface area contributed by atoms with Gasteiger partial charge in [-0.1, -0.05) is 0 Å². The number of piperidine rings is 1. The first-order valence-electron chi connectivity index (χ1n) is 5.25. The molecular formula is C11H17ClN2OS. The third-order valence-electron chi connectivity index (χ3n) is 2.91. The Morgan fingerprint density at radius 3 is 2.75 bits per heavy atom. The van der Waals surface area contributed by atoms with E-state index in [1.807, 2.05) is 16.8 Å². The molecule has 0 radical (unpaired) electrons. The van der Waals surface area contributed by atoms with Crippen LogP contribution in [0.3, 0.4) is 0 Å². The topological polar surface area (TPSA) is 41.1 Å². The molecule has 0 spiro atoms. The second-order valence-corrected chi connectivity index (χ2v) is 5.06. The van der Waals surface area contributed by atoms with Gasteiger partial charge in [0.1, 0.15) is 0 Å². The van der Waals surface area contributed by atoms with Gasteiger partial charge in [-0.25, -0.2) is 0 Å². The standard InChI is InChI=1S/C11H16N2OS.ClH/c1-11(3-5-12-6-4-11)13-10(14)9-2-7-15-8-9;/h2,7-8,12H,3-6H2,1H3,(H,13,14);1H.